The Morgan fingerprint density at radius 2 is 1.73 bits per heavy atom. The van der Waals surface area contributed by atoms with E-state index in [0.29, 0.717) is 31.1 Å². The molecular weight excluding hydrogens is 466 g/mol. The van der Waals surface area contributed by atoms with E-state index in [2.05, 4.69) is 23.5 Å². The van der Waals surface area contributed by atoms with Crippen LogP contribution in [0.1, 0.15) is 33.3 Å². The molecule has 7 nitrogen and oxygen atoms in total. The minimum atomic E-state index is -0.145. The number of fused-ring (bicyclic) bond motifs is 3. The van der Waals surface area contributed by atoms with Gasteiger partial charge in [-0.1, -0.05) is 42.5 Å². The van der Waals surface area contributed by atoms with E-state index in [9.17, 15) is 9.59 Å². The van der Waals surface area contributed by atoms with Gasteiger partial charge in [0, 0.05) is 24.5 Å². The number of ether oxygens (including phenoxy) is 2. The zero-order valence-corrected chi connectivity index (χ0v) is 21.1. The number of carbonyl (C=O) groups excluding carboxylic acids is 2. The number of hydrogen-bond acceptors (Lipinski definition) is 5. The normalized spacial score (nSPS) is 14.1. The summed E-state index contributed by atoms with van der Waals surface area (Å²) < 4.78 is 12.5. The van der Waals surface area contributed by atoms with Crippen LogP contribution < -0.4 is 14.8 Å². The lowest BCUT2D eigenvalue weighted by atomic mass is 10.0. The third-order valence-corrected chi connectivity index (χ3v) is 6.66. The molecule has 0 bridgehead atoms. The summed E-state index contributed by atoms with van der Waals surface area (Å²) in [5, 5.41) is 4.43. The van der Waals surface area contributed by atoms with Crippen LogP contribution in [0.4, 0.5) is 0 Å². The Labute approximate surface area is 216 Å². The van der Waals surface area contributed by atoms with Crippen molar-refractivity contribution < 1.29 is 19.1 Å². The predicted octanol–water partition coefficient (Wildman–Crippen LogP) is 4.55. The van der Waals surface area contributed by atoms with Crippen molar-refractivity contribution in [1.29, 1.82) is 0 Å². The predicted molar refractivity (Wildman–Crippen MR) is 143 cm³/mol. The second-order valence-corrected chi connectivity index (χ2v) is 9.22. The Kier molecular flexibility index (Phi) is 7.23. The van der Waals surface area contributed by atoms with Gasteiger partial charge in [0.25, 0.3) is 11.8 Å². The lowest BCUT2D eigenvalue weighted by Gasteiger charge is -2.31. The first-order valence-electron chi connectivity index (χ1n) is 12.6. The van der Waals surface area contributed by atoms with Crippen molar-refractivity contribution in [3.63, 3.8) is 0 Å². The topological polar surface area (TPSA) is 72.8 Å². The molecule has 3 aromatic carbocycles. The second-order valence-electron chi connectivity index (χ2n) is 9.22. The van der Waals surface area contributed by atoms with E-state index in [4.69, 9.17) is 9.47 Å². The first kappa shape index (κ1) is 24.6. The molecule has 7 heteroatoms. The number of rotatable bonds is 10. The molecule has 1 N–H and O–H groups in total. The molecule has 0 unspecified atom stereocenters. The molecule has 1 amide bonds. The smallest absolute Gasteiger partial charge is 0.271 e. The fraction of sp³-hybridized carbons (Fsp3) is 0.267. The summed E-state index contributed by atoms with van der Waals surface area (Å²) in [6, 6.07) is 25.4. The molecule has 1 aliphatic heterocycles. The maximum absolute atomic E-state index is 13.5. The quantitative estimate of drug-likeness (QED) is 0.348. The van der Waals surface area contributed by atoms with Crippen LogP contribution in [0.15, 0.2) is 78.9 Å². The Morgan fingerprint density at radius 1 is 0.919 bits per heavy atom. The summed E-state index contributed by atoms with van der Waals surface area (Å²) in [5.41, 5.74) is 3.38. The van der Waals surface area contributed by atoms with Crippen LogP contribution in [-0.4, -0.2) is 54.1 Å². The second kappa shape index (κ2) is 10.9. The summed E-state index contributed by atoms with van der Waals surface area (Å²) >= 11 is 0. The van der Waals surface area contributed by atoms with Crippen LogP contribution in [0.5, 0.6) is 11.5 Å². The van der Waals surface area contributed by atoms with E-state index in [1.807, 2.05) is 55.5 Å². The fourth-order valence-electron chi connectivity index (χ4n) is 4.90. The van der Waals surface area contributed by atoms with Crippen molar-refractivity contribution in [1.82, 2.24) is 14.8 Å². The van der Waals surface area contributed by atoms with E-state index < -0.39 is 0 Å². The number of hydrogen-bond donors (Lipinski definition) is 1. The van der Waals surface area contributed by atoms with Crippen molar-refractivity contribution in [2.45, 2.75) is 25.9 Å². The van der Waals surface area contributed by atoms with Gasteiger partial charge in [0.05, 0.1) is 19.2 Å². The van der Waals surface area contributed by atoms with Crippen molar-refractivity contribution in [3.8, 4) is 11.5 Å². The van der Waals surface area contributed by atoms with Crippen LogP contribution >= 0.6 is 0 Å². The molecule has 0 saturated carbocycles. The monoisotopic (exact) mass is 497 g/mol. The van der Waals surface area contributed by atoms with Gasteiger partial charge in [-0.2, -0.15) is 0 Å². The number of methoxy groups -OCH3 is 1. The van der Waals surface area contributed by atoms with Gasteiger partial charge < -0.3 is 19.7 Å². The summed E-state index contributed by atoms with van der Waals surface area (Å²) in [6.07, 6.45) is 0.726. The molecule has 0 saturated heterocycles. The van der Waals surface area contributed by atoms with Crippen LogP contribution in [0.3, 0.4) is 0 Å². The Morgan fingerprint density at radius 3 is 2.51 bits per heavy atom. The van der Waals surface area contributed by atoms with Gasteiger partial charge >= 0.3 is 0 Å². The van der Waals surface area contributed by atoms with Crippen molar-refractivity contribution >= 4 is 22.7 Å². The highest BCUT2D eigenvalue weighted by atomic mass is 16.5. The zero-order valence-electron chi connectivity index (χ0n) is 21.1. The third kappa shape index (κ3) is 5.37. The minimum Gasteiger partial charge on any atom is -0.497 e. The van der Waals surface area contributed by atoms with E-state index in [1.165, 1.54) is 10.1 Å². The highest BCUT2D eigenvalue weighted by molar-refractivity contribution is 6.09. The number of carbonyl (C=O) groups is 2. The fourth-order valence-corrected chi connectivity index (χ4v) is 4.90. The molecule has 2 heterocycles. The Balaban J connectivity index is 1.37. The van der Waals surface area contributed by atoms with Crippen LogP contribution in [0, 0.1) is 0 Å². The minimum absolute atomic E-state index is 0.0361. The first-order valence-corrected chi connectivity index (χ1v) is 12.6. The van der Waals surface area contributed by atoms with E-state index in [1.54, 1.807) is 24.1 Å². The highest BCUT2D eigenvalue weighted by Gasteiger charge is 2.33. The van der Waals surface area contributed by atoms with Gasteiger partial charge in [0.15, 0.2) is 0 Å². The molecule has 1 atom stereocenters. The van der Waals surface area contributed by atoms with Crippen LogP contribution in [0.25, 0.3) is 10.9 Å². The largest absolute Gasteiger partial charge is 0.497 e. The van der Waals surface area contributed by atoms with Gasteiger partial charge in [0.2, 0.25) is 0 Å². The summed E-state index contributed by atoms with van der Waals surface area (Å²) in [5.74, 6) is 1.26. The van der Waals surface area contributed by atoms with Crippen molar-refractivity contribution in [2.24, 2.45) is 0 Å². The van der Waals surface area contributed by atoms with Gasteiger partial charge in [-0.05, 0) is 60.9 Å². The number of amides is 1. The van der Waals surface area contributed by atoms with Crippen LogP contribution in [-0.2, 0) is 13.0 Å². The lowest BCUT2D eigenvalue weighted by Crippen LogP contribution is -2.50. The van der Waals surface area contributed by atoms with Gasteiger partial charge in [-0.3, -0.25) is 14.2 Å². The molecule has 4 aromatic rings. The van der Waals surface area contributed by atoms with E-state index >= 15 is 0 Å². The molecule has 0 radical (unpaired) electrons. The Hall–Kier alpha value is -4.10. The summed E-state index contributed by atoms with van der Waals surface area (Å²) in [7, 11) is 1.60. The number of nitrogens with zero attached hydrogens (tertiary/aromatic N) is 2. The number of aromatic nitrogens is 1. The Bertz CT molecular complexity index is 1410. The lowest BCUT2D eigenvalue weighted by molar-refractivity contribution is 0.0608. The maximum Gasteiger partial charge on any atom is 0.271 e. The number of nitrogens with one attached hydrogen (secondary N) is 1. The molecule has 0 fully saturated rings. The molecule has 5 rings (SSSR count). The van der Waals surface area contributed by atoms with E-state index in [0.717, 1.165) is 28.6 Å². The maximum atomic E-state index is 13.5. The van der Waals surface area contributed by atoms with Crippen molar-refractivity contribution in [2.75, 3.05) is 26.8 Å². The standard InChI is InChI=1S/C30H31N3O4/c1-3-37-26-11-7-10-22(15-26)18-31-24(14-21-8-5-4-6-9-21)19-32-20-29(34)33-27-13-12-25(36-2)16-23(27)17-28(33)30(32)35/h4-13,15-17,24,31H,3,14,18-20H2,1-2H3/t24-/m0/s1. The summed E-state index contributed by atoms with van der Waals surface area (Å²) in [4.78, 5) is 28.4. The van der Waals surface area contributed by atoms with Crippen LogP contribution in [0.2, 0.25) is 0 Å². The molecule has 1 aromatic heterocycles. The molecule has 1 aliphatic rings. The van der Waals surface area contributed by atoms with E-state index in [-0.39, 0.29) is 24.4 Å². The molecular formula is C30H31N3O4. The average Bonchev–Trinajstić information content (AvgIpc) is 3.31. The number of benzene rings is 3. The summed E-state index contributed by atoms with van der Waals surface area (Å²) in [6.45, 7) is 3.65. The molecule has 190 valence electrons. The third-order valence-electron chi connectivity index (χ3n) is 6.66. The van der Waals surface area contributed by atoms with Gasteiger partial charge in [-0.15, -0.1) is 0 Å². The van der Waals surface area contributed by atoms with Gasteiger partial charge in [0.1, 0.15) is 23.7 Å². The molecule has 0 aliphatic carbocycles. The SMILES string of the molecule is CCOc1cccc(CN[C@@H](Cc2ccccc2)CN2CC(=O)n3c(cc4cc(OC)ccc43)C2=O)c1. The highest BCUT2D eigenvalue weighted by Crippen LogP contribution is 2.28. The molecule has 37 heavy (non-hydrogen) atoms. The van der Waals surface area contributed by atoms with Gasteiger partial charge in [-0.25, -0.2) is 0 Å². The first-order chi connectivity index (χ1) is 18.1. The van der Waals surface area contributed by atoms with Crippen molar-refractivity contribution in [3.05, 3.63) is 95.7 Å². The zero-order chi connectivity index (χ0) is 25.8. The molecule has 0 spiro atoms. The average molecular weight is 498 g/mol.